The predicted molar refractivity (Wildman–Crippen MR) is 393 cm³/mol. The lowest BCUT2D eigenvalue weighted by Gasteiger charge is -2.52. The molecule has 2 unspecified atom stereocenters. The van der Waals surface area contributed by atoms with Gasteiger partial charge in [0.1, 0.15) is 250 Å². The van der Waals surface area contributed by atoms with Crippen molar-refractivity contribution in [3.63, 3.8) is 0 Å². The van der Waals surface area contributed by atoms with Crippen LogP contribution in [-0.4, -0.2) is 556 Å². The average Bonchev–Trinajstić information content (AvgIpc) is 0.759. The fourth-order valence-electron chi connectivity index (χ4n) is 16.8. The van der Waals surface area contributed by atoms with Crippen LogP contribution in [0.1, 0.15) is 41.5 Å². The van der Waals surface area contributed by atoms with E-state index in [0.29, 0.717) is 0 Å². The van der Waals surface area contributed by atoms with Crippen molar-refractivity contribution in [1.82, 2.24) is 16.0 Å². The summed E-state index contributed by atoms with van der Waals surface area (Å²) in [7, 11) is 0. The van der Waals surface area contributed by atoms with Gasteiger partial charge in [-0.25, -0.2) is 0 Å². The van der Waals surface area contributed by atoms with Gasteiger partial charge in [0.2, 0.25) is 17.7 Å². The van der Waals surface area contributed by atoms with Gasteiger partial charge in [0.05, 0.1) is 71.2 Å². The third-order valence-corrected chi connectivity index (χ3v) is 24.1. The smallest absolute Gasteiger partial charge is 0.217 e. The van der Waals surface area contributed by atoms with E-state index in [1.165, 1.54) is 20.8 Å². The molecular formula is C72H121N3O53. The summed E-state index contributed by atoms with van der Waals surface area (Å²) in [5.41, 5.74) is 0. The van der Waals surface area contributed by atoms with E-state index in [0.717, 1.165) is 20.8 Å². The number of rotatable bonds is 31. The second-order valence-corrected chi connectivity index (χ2v) is 33.0. The Labute approximate surface area is 725 Å². The molecule has 0 aromatic rings. The van der Waals surface area contributed by atoms with Crippen molar-refractivity contribution in [2.45, 2.75) is 379 Å². The second kappa shape index (κ2) is 45.1. The molecule has 56 heteroatoms. The standard InChI is InChI=1S/C72H121N3O53/c1-15-32(86)41(95)48(102)66(109-15)124-57-31(75-20(6)85)63(118-27(13-82)54(57)121-69-51(105)58(39(93)25(11-80)115-69)125-64-29(73-18(4)83)55(37(91)23(9-78)113-64)122-71-60(44(98)35(89)21(7-76)116-71)127-67-49(103)42(96)33(87)16(2)110-67)108-14-28-40(94)59(52(106)70(119-28)120-53-26(12-81)112-62(107)47(101)46(53)100)126-65-30(74-19(5)84)56(38(92)24(10-79)114-65)123-72-61(45(99)36(90)22(8-77)117-72)128-68-50(104)43(97)34(88)17(3)111-68/h15-17,21-72,76-82,86-107H,7-14H2,1-6H3,(H,73,83)(H,74,84)(H,75,85)/t15-,16-,17-,21+,22+,23+,24+,25+,26+,27+,28+,29+,30+,31+,32+,33+,34+,35-,36-,37+,38+,39-,40-,41+,42+,43+,44-,45-,46+,47+,48-,49-,50-,51+,52+,53+,54+,55+,56+,57+,58-,59-,60+,61+,62?,63+,64?,65-,66-,67-,68-,69-,70-,71-,72-/m0/s1. The average molecular weight is 1880 g/mol. The van der Waals surface area contributed by atoms with Crippen LogP contribution < -0.4 is 16.0 Å². The van der Waals surface area contributed by atoms with Crippen LogP contribution in [0.3, 0.4) is 0 Å². The number of carbonyl (C=O) groups is 3. The van der Waals surface area contributed by atoms with Gasteiger partial charge < -0.3 is 264 Å². The fraction of sp³-hybridized carbons (Fsp3) is 0.958. The van der Waals surface area contributed by atoms with Gasteiger partial charge in [-0.2, -0.15) is 0 Å². The molecule has 55 atom stereocenters. The van der Waals surface area contributed by atoms with Gasteiger partial charge in [-0.15, -0.1) is 0 Å². The number of carbonyl (C=O) groups excluding carboxylic acids is 3. The van der Waals surface area contributed by atoms with Crippen molar-refractivity contribution >= 4 is 17.7 Å². The number of nitrogens with one attached hydrogen (secondary N) is 3. The molecule has 11 heterocycles. The van der Waals surface area contributed by atoms with Crippen LogP contribution in [0.25, 0.3) is 0 Å². The van der Waals surface area contributed by atoms with Gasteiger partial charge in [-0.3, -0.25) is 14.4 Å². The lowest BCUT2D eigenvalue weighted by atomic mass is 9.93. The Bertz CT molecular complexity index is 3460. The Morgan fingerprint density at radius 3 is 0.844 bits per heavy atom. The van der Waals surface area contributed by atoms with Gasteiger partial charge in [0, 0.05) is 20.8 Å². The topological polar surface area (TPSA) is 868 Å². The van der Waals surface area contributed by atoms with E-state index in [9.17, 15) is 162 Å². The molecule has 11 aliphatic heterocycles. The monoisotopic (exact) mass is 1880 g/mol. The molecule has 0 aromatic carbocycles. The second-order valence-electron chi connectivity index (χ2n) is 33.0. The minimum Gasteiger partial charge on any atom is -0.394 e. The third kappa shape index (κ3) is 22.5. The highest BCUT2D eigenvalue weighted by Crippen LogP contribution is 2.42. The number of amides is 3. The number of hydrogen-bond acceptors (Lipinski definition) is 53. The fourth-order valence-corrected chi connectivity index (χ4v) is 16.8. The Balaban J connectivity index is 0.908. The number of hydrogen-bond donors (Lipinski definition) is 32. The van der Waals surface area contributed by atoms with Gasteiger partial charge >= 0.3 is 0 Å². The van der Waals surface area contributed by atoms with E-state index in [1.54, 1.807) is 0 Å². The summed E-state index contributed by atoms with van der Waals surface area (Å²) in [6.45, 7) is -2.85. The van der Waals surface area contributed by atoms with E-state index in [2.05, 4.69) is 16.0 Å². The minimum absolute atomic E-state index is 0.905. The molecule has 11 saturated heterocycles. The van der Waals surface area contributed by atoms with E-state index < -0.39 is 408 Å². The molecule has 0 aromatic heterocycles. The maximum Gasteiger partial charge on any atom is 0.217 e. The summed E-state index contributed by atoms with van der Waals surface area (Å²) < 4.78 is 126. The molecule has 0 saturated carbocycles. The summed E-state index contributed by atoms with van der Waals surface area (Å²) in [4.78, 5) is 40.4. The molecule has 0 spiro atoms. The molecule has 56 nitrogen and oxygen atoms in total. The first-order valence-electron chi connectivity index (χ1n) is 41.2. The number of ether oxygens (including phenoxy) is 21. The molecule has 32 N–H and O–H groups in total. The highest BCUT2D eigenvalue weighted by molar-refractivity contribution is 5.74. The van der Waals surface area contributed by atoms with Crippen molar-refractivity contribution in [3.05, 3.63) is 0 Å². The Morgan fingerprint density at radius 2 is 0.477 bits per heavy atom. The van der Waals surface area contributed by atoms with Crippen molar-refractivity contribution in [2.24, 2.45) is 0 Å². The zero-order chi connectivity index (χ0) is 94.1. The molecule has 11 fully saturated rings. The highest BCUT2D eigenvalue weighted by atomic mass is 16.8. The minimum atomic E-state index is -2.51. The van der Waals surface area contributed by atoms with Crippen LogP contribution in [0.4, 0.5) is 0 Å². The summed E-state index contributed by atoms with van der Waals surface area (Å²) in [5, 5.41) is 332. The normalized spacial score (nSPS) is 51.6. The van der Waals surface area contributed by atoms with Gasteiger partial charge in [-0.1, -0.05) is 0 Å². The van der Waals surface area contributed by atoms with Crippen LogP contribution in [0.15, 0.2) is 0 Å². The molecule has 742 valence electrons. The van der Waals surface area contributed by atoms with Gasteiger partial charge in [0.15, 0.2) is 69.2 Å². The molecule has 11 aliphatic rings. The first kappa shape index (κ1) is 105. The molecule has 0 aliphatic carbocycles. The van der Waals surface area contributed by atoms with Crippen LogP contribution in [0.2, 0.25) is 0 Å². The molecule has 11 rings (SSSR count). The largest absolute Gasteiger partial charge is 0.394 e. The van der Waals surface area contributed by atoms with Crippen LogP contribution in [0, 0.1) is 0 Å². The summed E-state index contributed by atoms with van der Waals surface area (Å²) in [6.07, 6.45) is -108. The Hall–Kier alpha value is -3.59. The Morgan fingerprint density at radius 1 is 0.219 bits per heavy atom. The third-order valence-electron chi connectivity index (χ3n) is 24.1. The van der Waals surface area contributed by atoms with Crippen molar-refractivity contribution in [1.29, 1.82) is 0 Å². The van der Waals surface area contributed by atoms with E-state index >= 15 is 0 Å². The SMILES string of the molecule is CC(=O)N[C@H]1[C@H](OC[C@H]2O[C@@H](O[C@H]3[C@H](O)[C@@H](O)C(O)O[C@@H]3CO)[C@H](O)[C@@H](O[C@@H]3O[C@H](CO)[C@@H](O)[C@H](O[C@@H]4O[C@H](CO)[C@H](O)[C@H](O)[C@H]4O[C@@H]4O[C@@H](C)[C@@H](O)[C@@H](O)[C@@H]4O)[C@H]3NC(C)=O)[C@H]2O)O[C@H](CO)[C@@H](O[C@@H]2O[C@H](CO)[C@H](O)[C@H](OC3O[C@H](CO)[C@@H](O)[C@H](O[C@@H]4O[C@H](CO)[C@H](O)[C@H](O)[C@H]4O[C@@H]4O[C@@H](C)[C@@H](O)[C@@H](O)[C@@H]4O)[C@H]3NC(C)=O)[C@H]2O)[C@@H]1O[C@@H]1O[C@@H](C)[C@@H](O)[C@@H](O)[C@@H]1O. The maximum absolute atomic E-state index is 13.7. The van der Waals surface area contributed by atoms with E-state index in [4.69, 9.17) is 99.5 Å². The van der Waals surface area contributed by atoms with Crippen molar-refractivity contribution in [3.8, 4) is 0 Å². The van der Waals surface area contributed by atoms with E-state index in [1.807, 2.05) is 0 Å². The molecule has 3 amide bonds. The number of aliphatic hydroxyl groups is 29. The molecular weight excluding hydrogens is 1750 g/mol. The lowest BCUT2D eigenvalue weighted by molar-refractivity contribution is -0.395. The molecule has 0 bridgehead atoms. The predicted octanol–water partition coefficient (Wildman–Crippen LogP) is -21.5. The van der Waals surface area contributed by atoms with Crippen molar-refractivity contribution in [2.75, 3.05) is 52.9 Å². The van der Waals surface area contributed by atoms with E-state index in [-0.39, 0.29) is 0 Å². The zero-order valence-corrected chi connectivity index (χ0v) is 69.2. The first-order valence-corrected chi connectivity index (χ1v) is 41.2. The molecule has 0 radical (unpaired) electrons. The van der Waals surface area contributed by atoms with Crippen LogP contribution in [-0.2, 0) is 114 Å². The zero-order valence-electron chi connectivity index (χ0n) is 69.2. The maximum atomic E-state index is 13.7. The highest BCUT2D eigenvalue weighted by Gasteiger charge is 2.63. The number of aliphatic hydroxyl groups excluding tert-OH is 29. The van der Waals surface area contributed by atoms with Crippen LogP contribution in [0.5, 0.6) is 0 Å². The van der Waals surface area contributed by atoms with Gasteiger partial charge in [-0.05, 0) is 20.8 Å². The lowest BCUT2D eigenvalue weighted by Crippen LogP contribution is -2.71. The van der Waals surface area contributed by atoms with Gasteiger partial charge in [0.25, 0.3) is 0 Å². The quantitative estimate of drug-likeness (QED) is 0.0306. The summed E-state index contributed by atoms with van der Waals surface area (Å²) in [5.74, 6) is -3.04. The molecule has 128 heavy (non-hydrogen) atoms. The van der Waals surface area contributed by atoms with Crippen molar-refractivity contribution < 1.29 is 262 Å². The summed E-state index contributed by atoms with van der Waals surface area (Å²) >= 11 is 0. The van der Waals surface area contributed by atoms with Crippen LogP contribution >= 0.6 is 0 Å². The first-order chi connectivity index (χ1) is 60.5. The Kier molecular flexibility index (Phi) is 37.0. The summed E-state index contributed by atoms with van der Waals surface area (Å²) in [6, 6.07) is -6.08.